The predicted octanol–water partition coefficient (Wildman–Crippen LogP) is 4.76. The number of ether oxygens (including phenoxy) is 1. The molecule has 32 heavy (non-hydrogen) atoms. The topological polar surface area (TPSA) is 69.5 Å². The molecule has 0 radical (unpaired) electrons. The minimum Gasteiger partial charge on any atom is -0.489 e. The van der Waals surface area contributed by atoms with Crippen LogP contribution in [0.25, 0.3) is 0 Å². The summed E-state index contributed by atoms with van der Waals surface area (Å²) in [5.41, 5.74) is 5.28. The molecule has 0 aliphatic carbocycles. The van der Waals surface area contributed by atoms with Crippen LogP contribution in [0.1, 0.15) is 67.5 Å². The van der Waals surface area contributed by atoms with Gasteiger partial charge in [-0.1, -0.05) is 33.8 Å². The monoisotopic (exact) mass is 500 g/mol. The molecule has 2 aliphatic rings. The van der Waals surface area contributed by atoms with Gasteiger partial charge in [-0.25, -0.2) is 4.98 Å². The average molecular weight is 501 g/mol. The van der Waals surface area contributed by atoms with Gasteiger partial charge in [-0.3, -0.25) is 10.2 Å². The number of halogens is 1. The fourth-order valence-corrected chi connectivity index (χ4v) is 4.32. The third-order valence-electron chi connectivity index (χ3n) is 6.16. The smallest absolute Gasteiger partial charge is 0.182 e. The molecule has 0 spiro atoms. The quantitative estimate of drug-likeness (QED) is 0.599. The van der Waals surface area contributed by atoms with Crippen molar-refractivity contribution < 1.29 is 9.53 Å². The Hall–Kier alpha value is -2.41. The first-order valence-electron chi connectivity index (χ1n) is 11.1. The van der Waals surface area contributed by atoms with Crippen molar-refractivity contribution in [1.82, 2.24) is 9.88 Å². The molecule has 0 bridgehead atoms. The van der Waals surface area contributed by atoms with E-state index in [9.17, 15) is 4.79 Å². The van der Waals surface area contributed by atoms with Gasteiger partial charge in [-0.05, 0) is 37.0 Å². The van der Waals surface area contributed by atoms with Crippen LogP contribution in [0.2, 0.25) is 0 Å². The number of amidine groups is 1. The maximum Gasteiger partial charge on any atom is 0.182 e. The highest BCUT2D eigenvalue weighted by Crippen LogP contribution is 2.42. The summed E-state index contributed by atoms with van der Waals surface area (Å²) in [6, 6.07) is 8.00. The SMILES string of the molecule is Br.CCc1ccc2c(n1)C(=N)N(CC(=O)c1cc3c(c(C(C)(C)C)c1)OCCN3CC)C2. The number of aryl methyl sites for hydroxylation is 1. The van der Waals surface area contributed by atoms with Crippen molar-refractivity contribution in [3.63, 3.8) is 0 Å². The zero-order valence-corrected chi connectivity index (χ0v) is 21.3. The fourth-order valence-electron chi connectivity index (χ4n) is 4.32. The van der Waals surface area contributed by atoms with Gasteiger partial charge < -0.3 is 14.5 Å². The van der Waals surface area contributed by atoms with E-state index in [0.717, 1.165) is 47.8 Å². The van der Waals surface area contributed by atoms with E-state index in [4.69, 9.17) is 10.1 Å². The van der Waals surface area contributed by atoms with Crippen LogP contribution in [-0.4, -0.2) is 47.7 Å². The van der Waals surface area contributed by atoms with Crippen LogP contribution >= 0.6 is 17.0 Å². The van der Waals surface area contributed by atoms with Gasteiger partial charge >= 0.3 is 0 Å². The zero-order chi connectivity index (χ0) is 22.3. The molecule has 172 valence electrons. The summed E-state index contributed by atoms with van der Waals surface area (Å²) in [7, 11) is 0. The van der Waals surface area contributed by atoms with Crippen molar-refractivity contribution in [2.75, 3.05) is 31.1 Å². The van der Waals surface area contributed by atoms with Crippen LogP contribution in [-0.2, 0) is 18.4 Å². The molecule has 6 nitrogen and oxygen atoms in total. The van der Waals surface area contributed by atoms with Crippen LogP contribution < -0.4 is 9.64 Å². The maximum absolute atomic E-state index is 13.4. The van der Waals surface area contributed by atoms with Gasteiger partial charge in [0.2, 0.25) is 0 Å². The minimum absolute atomic E-state index is 0. The Bertz CT molecular complexity index is 1040. The van der Waals surface area contributed by atoms with Crippen LogP contribution in [0.4, 0.5) is 5.69 Å². The lowest BCUT2D eigenvalue weighted by atomic mass is 9.84. The third-order valence-corrected chi connectivity index (χ3v) is 6.16. The number of aromatic nitrogens is 1. The molecule has 0 saturated carbocycles. The molecular formula is C25H33BrN4O2. The van der Waals surface area contributed by atoms with Crippen LogP contribution in [0, 0.1) is 5.41 Å². The second-order valence-electron chi connectivity index (χ2n) is 9.34. The molecule has 1 aromatic carbocycles. The molecule has 7 heteroatoms. The largest absolute Gasteiger partial charge is 0.489 e. The fraction of sp³-hybridized carbons (Fsp3) is 0.480. The standard InChI is InChI=1S/C25H32N4O2.BrH/c1-6-18-9-8-16-14-29(24(26)22(16)27-18)15-21(30)17-12-19(25(3,4)5)23-20(13-17)28(7-2)10-11-31-23;/h8-9,12-13,26H,6-7,10-11,14-15H2,1-5H3;1H. The number of nitrogens with zero attached hydrogens (tertiary/aromatic N) is 3. The van der Waals surface area contributed by atoms with Crippen molar-refractivity contribution >= 4 is 34.3 Å². The second-order valence-corrected chi connectivity index (χ2v) is 9.34. The van der Waals surface area contributed by atoms with Crippen LogP contribution in [0.15, 0.2) is 24.3 Å². The number of carbonyl (C=O) groups excluding carboxylic acids is 1. The Morgan fingerprint density at radius 1 is 1.19 bits per heavy atom. The van der Waals surface area contributed by atoms with Crippen molar-refractivity contribution in [3.8, 4) is 5.75 Å². The summed E-state index contributed by atoms with van der Waals surface area (Å²) in [5.74, 6) is 1.25. The molecule has 4 rings (SSSR count). The molecule has 0 saturated heterocycles. The van der Waals surface area contributed by atoms with Gasteiger partial charge in [-0.2, -0.15) is 0 Å². The normalized spacial score (nSPS) is 15.1. The van der Waals surface area contributed by atoms with E-state index in [0.29, 0.717) is 30.2 Å². The van der Waals surface area contributed by atoms with E-state index in [1.165, 1.54) is 0 Å². The lowest BCUT2D eigenvalue weighted by Gasteiger charge is -2.35. The first kappa shape index (κ1) is 24.2. The summed E-state index contributed by atoms with van der Waals surface area (Å²) in [5, 5.41) is 8.55. The Kier molecular flexibility index (Phi) is 6.98. The summed E-state index contributed by atoms with van der Waals surface area (Å²) in [6.07, 6.45) is 0.834. The van der Waals surface area contributed by atoms with Gasteiger partial charge in [0.05, 0.1) is 18.8 Å². The maximum atomic E-state index is 13.4. The number of hydrogen-bond donors (Lipinski definition) is 1. The summed E-state index contributed by atoms with van der Waals surface area (Å²) in [6.45, 7) is 13.7. The van der Waals surface area contributed by atoms with Gasteiger partial charge in [0.25, 0.3) is 0 Å². The molecular weight excluding hydrogens is 468 g/mol. The number of fused-ring (bicyclic) bond motifs is 2. The van der Waals surface area contributed by atoms with Crippen LogP contribution in [0.5, 0.6) is 5.75 Å². The summed E-state index contributed by atoms with van der Waals surface area (Å²) in [4.78, 5) is 22.1. The number of carbonyl (C=O) groups is 1. The van der Waals surface area contributed by atoms with E-state index in [1.807, 2.05) is 29.2 Å². The lowest BCUT2D eigenvalue weighted by molar-refractivity contribution is 0.0962. The van der Waals surface area contributed by atoms with Gasteiger partial charge in [0.1, 0.15) is 23.9 Å². The Labute approximate surface area is 201 Å². The highest BCUT2D eigenvalue weighted by atomic mass is 79.9. The molecule has 0 amide bonds. The van der Waals surface area contributed by atoms with Crippen molar-refractivity contribution in [2.24, 2.45) is 0 Å². The summed E-state index contributed by atoms with van der Waals surface area (Å²) >= 11 is 0. The molecule has 1 aromatic heterocycles. The number of rotatable bonds is 5. The van der Waals surface area contributed by atoms with E-state index >= 15 is 0 Å². The average Bonchev–Trinajstić information content (AvgIpc) is 3.06. The number of Topliss-reactive ketones (excluding diaryl/α,β-unsaturated/α-hetero) is 1. The third kappa shape index (κ3) is 4.40. The highest BCUT2D eigenvalue weighted by Gasteiger charge is 2.31. The van der Waals surface area contributed by atoms with Crippen molar-refractivity contribution in [2.45, 2.75) is 53.0 Å². The van der Waals surface area contributed by atoms with Gasteiger partial charge in [0, 0.05) is 35.5 Å². The lowest BCUT2D eigenvalue weighted by Crippen LogP contribution is -2.35. The number of benzene rings is 1. The number of ketones is 1. The zero-order valence-electron chi connectivity index (χ0n) is 19.6. The number of pyridine rings is 1. The number of nitrogens with one attached hydrogen (secondary N) is 1. The summed E-state index contributed by atoms with van der Waals surface area (Å²) < 4.78 is 6.06. The molecule has 2 aliphatic heterocycles. The number of anilines is 1. The first-order valence-corrected chi connectivity index (χ1v) is 11.1. The van der Waals surface area contributed by atoms with E-state index in [1.54, 1.807) is 0 Å². The molecule has 3 heterocycles. The van der Waals surface area contributed by atoms with E-state index in [-0.39, 0.29) is 34.7 Å². The molecule has 0 fully saturated rings. The first-order chi connectivity index (χ1) is 14.7. The predicted molar refractivity (Wildman–Crippen MR) is 134 cm³/mol. The van der Waals surface area contributed by atoms with E-state index in [2.05, 4.69) is 44.5 Å². The molecule has 0 unspecified atom stereocenters. The molecule has 0 atom stereocenters. The van der Waals surface area contributed by atoms with E-state index < -0.39 is 0 Å². The van der Waals surface area contributed by atoms with Gasteiger partial charge in [-0.15, -0.1) is 17.0 Å². The Morgan fingerprint density at radius 2 is 1.94 bits per heavy atom. The second kappa shape index (κ2) is 9.22. The Balaban J connectivity index is 0.00000289. The molecule has 1 N–H and O–H groups in total. The van der Waals surface area contributed by atoms with Crippen LogP contribution in [0.3, 0.4) is 0 Å². The van der Waals surface area contributed by atoms with Gasteiger partial charge in [0.15, 0.2) is 5.78 Å². The minimum atomic E-state index is -0.145. The number of likely N-dealkylation sites (N-methyl/N-ethyl adjacent to an activating group) is 1. The molecule has 2 aromatic rings. The Morgan fingerprint density at radius 3 is 2.59 bits per heavy atom. The highest BCUT2D eigenvalue weighted by molar-refractivity contribution is 8.93. The number of hydrogen-bond acceptors (Lipinski definition) is 5. The van der Waals surface area contributed by atoms with Crippen molar-refractivity contribution in [3.05, 3.63) is 52.3 Å². The van der Waals surface area contributed by atoms with Crippen molar-refractivity contribution in [1.29, 1.82) is 5.41 Å².